The van der Waals surface area contributed by atoms with Gasteiger partial charge in [0.2, 0.25) is 0 Å². The SMILES string of the molecule is [B]B([B])B([B])B(B([B])[B])B1C(C)C1c1cc(C)c(C)c[n+]1C. The van der Waals surface area contributed by atoms with E-state index in [9.17, 15) is 0 Å². The van der Waals surface area contributed by atoms with Gasteiger partial charge in [0.25, 0.3) is 0 Å². The normalized spacial score (nSPS) is 19.7. The summed E-state index contributed by atoms with van der Waals surface area (Å²) in [5, 5.41) is 0. The number of hydrogen-bond acceptors (Lipinski definition) is 0. The van der Waals surface area contributed by atoms with Gasteiger partial charge in [0.1, 0.15) is 13.7 Å². The molecule has 0 amide bonds. The van der Waals surface area contributed by atoms with Crippen LogP contribution in [-0.2, 0) is 7.05 Å². The number of aromatic nitrogens is 1. The van der Waals surface area contributed by atoms with Gasteiger partial charge in [-0.3, -0.25) is 0 Å². The fraction of sp³-hybridized carbons (Fsp3) is 0.545. The van der Waals surface area contributed by atoms with E-state index in [1.165, 1.54) is 16.8 Å². The molecular weight excluding hydrogens is 254 g/mol. The first-order valence-corrected chi connectivity index (χ1v) is 7.91. The molecule has 0 spiro atoms. The maximum atomic E-state index is 6.18. The largest absolute Gasteiger partial charge is 0.205 e. The summed E-state index contributed by atoms with van der Waals surface area (Å²) in [6.45, 7) is 6.79. The van der Waals surface area contributed by atoms with Gasteiger partial charge in [-0.15, -0.1) is 0 Å². The van der Waals surface area contributed by atoms with Crippen molar-refractivity contribution in [1.29, 1.82) is 0 Å². The molecule has 11 heteroatoms. The highest BCUT2D eigenvalue weighted by Gasteiger charge is 2.59. The van der Waals surface area contributed by atoms with Gasteiger partial charge in [0, 0.05) is 81.7 Å². The van der Waals surface area contributed by atoms with Gasteiger partial charge in [-0.25, -0.2) is 4.57 Å². The van der Waals surface area contributed by atoms with Crippen molar-refractivity contribution in [3.8, 4) is 0 Å². The van der Waals surface area contributed by atoms with Crippen LogP contribution in [0.3, 0.4) is 0 Å². The number of nitrogens with zero attached hydrogens (tertiary/aromatic N) is 1. The highest BCUT2D eigenvalue weighted by atomic mass is 14.9. The van der Waals surface area contributed by atoms with Crippen LogP contribution in [0.25, 0.3) is 0 Å². The molecule has 0 aromatic carbocycles. The molecule has 0 saturated carbocycles. The van der Waals surface area contributed by atoms with Gasteiger partial charge < -0.3 is 0 Å². The van der Waals surface area contributed by atoms with Crippen molar-refractivity contribution in [3.05, 3.63) is 29.1 Å². The predicted octanol–water partition coefficient (Wildman–Crippen LogP) is -1.73. The molecule has 1 aliphatic heterocycles. The van der Waals surface area contributed by atoms with Crippen LogP contribution in [-0.4, -0.2) is 70.8 Å². The minimum atomic E-state index is -0.610. The molecular formula is C11H16B10N+. The average molecular weight is 270 g/mol. The second-order valence-corrected chi connectivity index (χ2v) is 6.95. The third kappa shape index (κ3) is 3.34. The van der Waals surface area contributed by atoms with Crippen molar-refractivity contribution in [2.45, 2.75) is 32.4 Å². The number of hydrogen-bond donors (Lipinski definition) is 0. The first-order chi connectivity index (χ1) is 10.2. The topological polar surface area (TPSA) is 3.88 Å². The number of rotatable bonds is 5. The summed E-state index contributed by atoms with van der Waals surface area (Å²) in [6, 6.07) is 2.25. The Bertz CT molecular complexity index is 550. The molecule has 2 rings (SSSR count). The molecule has 1 fully saturated rings. The fourth-order valence-corrected chi connectivity index (χ4v) is 3.81. The summed E-state index contributed by atoms with van der Waals surface area (Å²) in [7, 11) is 31.8. The molecule has 1 aliphatic rings. The third-order valence-corrected chi connectivity index (χ3v) is 5.35. The van der Waals surface area contributed by atoms with Crippen molar-refractivity contribution in [2.24, 2.45) is 7.05 Å². The molecule has 0 N–H and O–H groups in total. The lowest BCUT2D eigenvalue weighted by Gasteiger charge is -2.25. The minimum absolute atomic E-state index is 0.0818. The predicted molar refractivity (Wildman–Crippen MR) is 107 cm³/mol. The molecule has 94 valence electrons. The van der Waals surface area contributed by atoms with Crippen LogP contribution in [0.1, 0.15) is 29.6 Å². The van der Waals surface area contributed by atoms with E-state index in [-0.39, 0.29) is 6.39 Å². The monoisotopic (exact) mass is 272 g/mol. The van der Waals surface area contributed by atoms with Gasteiger partial charge in [-0.05, 0) is 19.4 Å². The van der Waals surface area contributed by atoms with E-state index in [1.807, 2.05) is 0 Å². The van der Waals surface area contributed by atoms with Crippen molar-refractivity contribution in [3.63, 3.8) is 0 Å². The van der Waals surface area contributed by atoms with Crippen LogP contribution < -0.4 is 4.57 Å². The summed E-state index contributed by atoms with van der Waals surface area (Å²) < 4.78 is 2.19. The van der Waals surface area contributed by atoms with Crippen molar-refractivity contribution >= 4 is 70.8 Å². The molecule has 1 aromatic heterocycles. The molecule has 0 bridgehead atoms. The standard InChI is InChI=1S/C11H16B10N/c1-7-5-10(22(4)6-8(7)2)11-9(3)17(11)21(19(14)15)20(16)18(12)13/h5-6,9,11H,1-4H3/q+1. The second kappa shape index (κ2) is 6.73. The molecule has 2 heterocycles. The van der Waals surface area contributed by atoms with Crippen LogP contribution in [0, 0.1) is 13.8 Å². The molecule has 22 heavy (non-hydrogen) atoms. The third-order valence-electron chi connectivity index (χ3n) is 5.35. The van der Waals surface area contributed by atoms with Crippen LogP contribution in [0.5, 0.6) is 0 Å². The van der Waals surface area contributed by atoms with E-state index in [2.05, 4.69) is 44.6 Å². The number of pyridine rings is 1. The van der Waals surface area contributed by atoms with Crippen LogP contribution in [0.2, 0.25) is 5.82 Å². The van der Waals surface area contributed by atoms with E-state index in [4.69, 9.17) is 38.7 Å². The fourth-order valence-electron chi connectivity index (χ4n) is 3.81. The minimum Gasteiger partial charge on any atom is -0.205 e. The molecule has 1 nitrogen and oxygen atoms in total. The first-order valence-electron chi connectivity index (χ1n) is 7.91. The Balaban J connectivity index is 2.30. The molecule has 0 aliphatic carbocycles. The van der Waals surface area contributed by atoms with E-state index in [1.54, 1.807) is 0 Å². The molecule has 2 atom stereocenters. The van der Waals surface area contributed by atoms with Gasteiger partial charge in [-0.1, -0.05) is 12.7 Å². The Hall–Kier alpha value is -0.201. The second-order valence-electron chi connectivity index (χ2n) is 6.95. The summed E-state index contributed by atoms with van der Waals surface area (Å²) in [5.41, 5.74) is 3.87. The van der Waals surface area contributed by atoms with Gasteiger partial charge in [0.15, 0.2) is 11.9 Å². The zero-order valence-electron chi connectivity index (χ0n) is 14.0. The zero-order chi connectivity index (χ0) is 16.8. The molecule has 1 saturated heterocycles. The lowest BCUT2D eigenvalue weighted by Crippen LogP contribution is -2.64. The lowest BCUT2D eigenvalue weighted by atomic mass is 8.57. The lowest BCUT2D eigenvalue weighted by molar-refractivity contribution is -0.679. The molecule has 2 unspecified atom stereocenters. The van der Waals surface area contributed by atoms with E-state index in [0.717, 1.165) is 0 Å². The smallest absolute Gasteiger partial charge is 0.175 e. The summed E-state index contributed by atoms with van der Waals surface area (Å²) in [5.74, 6) is 0.867. The van der Waals surface area contributed by atoms with Crippen LogP contribution in [0.4, 0.5) is 0 Å². The zero-order valence-corrected chi connectivity index (χ0v) is 14.0. The molecule has 1 aromatic rings. The quantitative estimate of drug-likeness (QED) is 0.442. The Morgan fingerprint density at radius 2 is 1.64 bits per heavy atom. The Morgan fingerprint density at radius 3 is 2.14 bits per heavy atom. The Kier molecular flexibility index (Phi) is 5.55. The van der Waals surface area contributed by atoms with Crippen LogP contribution >= 0.6 is 0 Å². The van der Waals surface area contributed by atoms with Crippen LogP contribution in [0.15, 0.2) is 12.3 Å². The maximum absolute atomic E-state index is 6.18. The highest BCUT2D eigenvalue weighted by molar-refractivity contribution is 8.01. The van der Waals surface area contributed by atoms with Gasteiger partial charge in [-0.2, -0.15) is 0 Å². The van der Waals surface area contributed by atoms with Gasteiger partial charge >= 0.3 is 0 Å². The van der Waals surface area contributed by atoms with Gasteiger partial charge in [0.05, 0.1) is 0 Å². The number of aryl methyl sites for hydroxylation is 3. The average Bonchev–Trinajstić information content (AvgIpc) is 3.04. The summed E-state index contributed by atoms with van der Waals surface area (Å²) in [4.78, 5) is 0. The first kappa shape index (κ1) is 18.1. The summed E-state index contributed by atoms with van der Waals surface area (Å²) >= 11 is 0. The maximum Gasteiger partial charge on any atom is 0.175 e. The van der Waals surface area contributed by atoms with E-state index in [0.29, 0.717) is 18.2 Å². The van der Waals surface area contributed by atoms with E-state index >= 15 is 0 Å². The highest BCUT2D eigenvalue weighted by Crippen LogP contribution is 2.51. The Labute approximate surface area is 144 Å². The van der Waals surface area contributed by atoms with E-state index < -0.39 is 19.2 Å². The van der Waals surface area contributed by atoms with Crippen molar-refractivity contribution in [1.82, 2.24) is 0 Å². The molecule has 10 radical (unpaired) electrons. The van der Waals surface area contributed by atoms with Crippen molar-refractivity contribution in [2.75, 3.05) is 0 Å². The Morgan fingerprint density at radius 1 is 1.05 bits per heavy atom. The van der Waals surface area contributed by atoms with Crippen molar-refractivity contribution < 1.29 is 4.57 Å². The summed E-state index contributed by atoms with van der Waals surface area (Å²) in [6.07, 6.45) is 0.565.